The van der Waals surface area contributed by atoms with E-state index in [1.165, 1.54) is 5.56 Å². The summed E-state index contributed by atoms with van der Waals surface area (Å²) < 4.78 is 0. The maximum Gasteiger partial charge on any atom is 0.222 e. The first kappa shape index (κ1) is 14.4. The van der Waals surface area contributed by atoms with Gasteiger partial charge in [0.05, 0.1) is 12.5 Å². The van der Waals surface area contributed by atoms with Crippen molar-refractivity contribution in [3.05, 3.63) is 34.9 Å². The third-order valence-electron chi connectivity index (χ3n) is 3.58. The quantitative estimate of drug-likeness (QED) is 0.872. The van der Waals surface area contributed by atoms with E-state index in [0.717, 1.165) is 11.4 Å². The van der Waals surface area contributed by atoms with Crippen LogP contribution in [0.1, 0.15) is 38.2 Å². The minimum absolute atomic E-state index is 0.0734. The van der Waals surface area contributed by atoms with Gasteiger partial charge in [0.1, 0.15) is 0 Å². The lowest BCUT2D eigenvalue weighted by Gasteiger charge is -2.14. The van der Waals surface area contributed by atoms with Gasteiger partial charge in [-0.05, 0) is 30.0 Å². The SMILES string of the molecule is CC(C)C(O)CC(=O)NC1CC1c1cccc(Cl)c1. The van der Waals surface area contributed by atoms with Gasteiger partial charge < -0.3 is 10.4 Å². The number of benzene rings is 1. The van der Waals surface area contributed by atoms with Crippen LogP contribution in [0.4, 0.5) is 0 Å². The van der Waals surface area contributed by atoms with Crippen LogP contribution in [0.15, 0.2) is 24.3 Å². The second-order valence-electron chi connectivity index (χ2n) is 5.59. The van der Waals surface area contributed by atoms with E-state index in [0.29, 0.717) is 5.92 Å². The van der Waals surface area contributed by atoms with E-state index < -0.39 is 6.10 Å². The first-order valence-electron chi connectivity index (χ1n) is 6.70. The lowest BCUT2D eigenvalue weighted by Crippen LogP contribution is -2.31. The van der Waals surface area contributed by atoms with Gasteiger partial charge in [0.15, 0.2) is 0 Å². The zero-order valence-electron chi connectivity index (χ0n) is 11.3. The van der Waals surface area contributed by atoms with Gasteiger partial charge in [-0.2, -0.15) is 0 Å². The Balaban J connectivity index is 1.82. The van der Waals surface area contributed by atoms with Crippen molar-refractivity contribution >= 4 is 17.5 Å². The molecule has 0 aromatic heterocycles. The molecule has 2 rings (SSSR count). The molecule has 1 aromatic rings. The minimum Gasteiger partial charge on any atom is -0.392 e. The van der Waals surface area contributed by atoms with E-state index in [1.807, 2.05) is 38.1 Å². The molecule has 0 aliphatic heterocycles. The zero-order chi connectivity index (χ0) is 14.0. The molecule has 0 spiro atoms. The number of carbonyl (C=O) groups is 1. The number of carbonyl (C=O) groups excluding carboxylic acids is 1. The van der Waals surface area contributed by atoms with Crippen molar-refractivity contribution in [2.24, 2.45) is 5.92 Å². The number of halogens is 1. The molecule has 1 aliphatic rings. The molecule has 3 atom stereocenters. The summed E-state index contributed by atoms with van der Waals surface area (Å²) in [5.41, 5.74) is 1.17. The molecule has 19 heavy (non-hydrogen) atoms. The molecule has 0 radical (unpaired) electrons. The van der Waals surface area contributed by atoms with E-state index in [9.17, 15) is 9.90 Å². The molecule has 1 amide bonds. The van der Waals surface area contributed by atoms with Gasteiger partial charge in [-0.3, -0.25) is 4.79 Å². The average Bonchev–Trinajstić information content (AvgIpc) is 3.07. The molecular formula is C15H20ClNO2. The Morgan fingerprint density at radius 3 is 2.89 bits per heavy atom. The van der Waals surface area contributed by atoms with Crippen LogP contribution in [0.5, 0.6) is 0 Å². The highest BCUT2D eigenvalue weighted by Crippen LogP contribution is 2.41. The van der Waals surface area contributed by atoms with Crippen molar-refractivity contribution in [3.63, 3.8) is 0 Å². The summed E-state index contributed by atoms with van der Waals surface area (Å²) in [6, 6.07) is 7.94. The first-order chi connectivity index (χ1) is 8.97. The van der Waals surface area contributed by atoms with Crippen LogP contribution in [0, 0.1) is 5.92 Å². The third-order valence-corrected chi connectivity index (χ3v) is 3.81. The number of aliphatic hydroxyl groups excluding tert-OH is 1. The molecule has 0 bridgehead atoms. The van der Waals surface area contributed by atoms with E-state index in [2.05, 4.69) is 5.32 Å². The standard InChI is InChI=1S/C15H20ClNO2/c1-9(2)14(18)8-15(19)17-13-7-12(13)10-4-3-5-11(16)6-10/h3-6,9,12-14,18H,7-8H2,1-2H3,(H,17,19). The summed E-state index contributed by atoms with van der Waals surface area (Å²) in [5, 5.41) is 13.4. The number of aliphatic hydroxyl groups is 1. The van der Waals surface area contributed by atoms with Crippen LogP contribution in [-0.2, 0) is 4.79 Å². The molecule has 1 aromatic carbocycles. The predicted octanol–water partition coefficient (Wildman–Crippen LogP) is 2.72. The van der Waals surface area contributed by atoms with E-state index in [4.69, 9.17) is 11.6 Å². The lowest BCUT2D eigenvalue weighted by atomic mass is 10.0. The Bertz CT molecular complexity index is 461. The lowest BCUT2D eigenvalue weighted by molar-refractivity contribution is -0.123. The Hall–Kier alpha value is -1.06. The minimum atomic E-state index is -0.566. The molecule has 3 unspecified atom stereocenters. The van der Waals surface area contributed by atoms with Gasteiger partial charge >= 0.3 is 0 Å². The van der Waals surface area contributed by atoms with Crippen LogP contribution in [0.2, 0.25) is 5.02 Å². The van der Waals surface area contributed by atoms with Crippen LogP contribution in [0.25, 0.3) is 0 Å². The fourth-order valence-corrected chi connectivity index (χ4v) is 2.35. The monoisotopic (exact) mass is 281 g/mol. The Morgan fingerprint density at radius 2 is 2.26 bits per heavy atom. The van der Waals surface area contributed by atoms with Crippen molar-refractivity contribution in [1.29, 1.82) is 0 Å². The van der Waals surface area contributed by atoms with Gasteiger partial charge in [0.25, 0.3) is 0 Å². The van der Waals surface area contributed by atoms with Gasteiger partial charge in [-0.1, -0.05) is 37.6 Å². The first-order valence-corrected chi connectivity index (χ1v) is 7.08. The second kappa shape index (κ2) is 5.93. The maximum absolute atomic E-state index is 11.8. The van der Waals surface area contributed by atoms with Crippen molar-refractivity contribution in [2.45, 2.75) is 44.8 Å². The van der Waals surface area contributed by atoms with Crippen molar-refractivity contribution in [3.8, 4) is 0 Å². The smallest absolute Gasteiger partial charge is 0.222 e. The van der Waals surface area contributed by atoms with E-state index in [-0.39, 0.29) is 24.3 Å². The Morgan fingerprint density at radius 1 is 1.53 bits per heavy atom. The van der Waals surface area contributed by atoms with E-state index in [1.54, 1.807) is 0 Å². The normalized spacial score (nSPS) is 23.2. The van der Waals surface area contributed by atoms with Gasteiger partial charge in [-0.25, -0.2) is 0 Å². The summed E-state index contributed by atoms with van der Waals surface area (Å²) in [6.45, 7) is 3.81. The predicted molar refractivity (Wildman–Crippen MR) is 76.2 cm³/mol. The fraction of sp³-hybridized carbons (Fsp3) is 0.533. The number of hydrogen-bond acceptors (Lipinski definition) is 2. The topological polar surface area (TPSA) is 49.3 Å². The molecule has 1 saturated carbocycles. The zero-order valence-corrected chi connectivity index (χ0v) is 12.0. The highest BCUT2D eigenvalue weighted by atomic mass is 35.5. The molecule has 0 saturated heterocycles. The van der Waals surface area contributed by atoms with Crippen molar-refractivity contribution < 1.29 is 9.90 Å². The third kappa shape index (κ3) is 3.95. The van der Waals surface area contributed by atoms with Crippen LogP contribution < -0.4 is 5.32 Å². The molecule has 1 fully saturated rings. The number of hydrogen-bond donors (Lipinski definition) is 2. The molecule has 2 N–H and O–H groups in total. The summed E-state index contributed by atoms with van der Waals surface area (Å²) >= 11 is 5.95. The van der Waals surface area contributed by atoms with Crippen molar-refractivity contribution in [2.75, 3.05) is 0 Å². The summed E-state index contributed by atoms with van der Waals surface area (Å²) in [6.07, 6.45) is 0.559. The molecule has 0 heterocycles. The largest absolute Gasteiger partial charge is 0.392 e. The molecule has 4 heteroatoms. The molecule has 104 valence electrons. The fourth-order valence-electron chi connectivity index (χ4n) is 2.15. The highest BCUT2D eigenvalue weighted by molar-refractivity contribution is 6.30. The molecular weight excluding hydrogens is 262 g/mol. The maximum atomic E-state index is 11.8. The summed E-state index contributed by atoms with van der Waals surface area (Å²) in [5.74, 6) is 0.392. The van der Waals surface area contributed by atoms with Gasteiger partial charge in [0.2, 0.25) is 5.91 Å². The average molecular weight is 282 g/mol. The summed E-state index contributed by atoms with van der Waals surface area (Å²) in [7, 11) is 0. The van der Waals surface area contributed by atoms with Crippen LogP contribution >= 0.6 is 11.6 Å². The van der Waals surface area contributed by atoms with Crippen LogP contribution in [0.3, 0.4) is 0 Å². The molecule has 1 aliphatic carbocycles. The second-order valence-corrected chi connectivity index (χ2v) is 6.02. The number of rotatable bonds is 5. The van der Waals surface area contributed by atoms with E-state index >= 15 is 0 Å². The van der Waals surface area contributed by atoms with Crippen LogP contribution in [-0.4, -0.2) is 23.2 Å². The molecule has 3 nitrogen and oxygen atoms in total. The van der Waals surface area contributed by atoms with Gasteiger partial charge in [-0.15, -0.1) is 0 Å². The Labute approximate surface area is 119 Å². The number of amides is 1. The van der Waals surface area contributed by atoms with Gasteiger partial charge in [0, 0.05) is 17.0 Å². The van der Waals surface area contributed by atoms with Crippen molar-refractivity contribution in [1.82, 2.24) is 5.32 Å². The summed E-state index contributed by atoms with van der Waals surface area (Å²) in [4.78, 5) is 11.8. The number of nitrogens with one attached hydrogen (secondary N) is 1. The Kier molecular flexibility index (Phi) is 4.48. The highest BCUT2D eigenvalue weighted by Gasteiger charge is 2.39.